The molecule has 1 saturated carbocycles. The summed E-state index contributed by atoms with van der Waals surface area (Å²) in [6.45, 7) is 2.28. The lowest BCUT2D eigenvalue weighted by Crippen LogP contribution is -2.35. The van der Waals surface area contributed by atoms with Gasteiger partial charge >= 0.3 is 0 Å². The number of nitrogens with one attached hydrogen (secondary N) is 1. The number of carbonyl (C=O) groups is 1. The van der Waals surface area contributed by atoms with E-state index in [4.69, 9.17) is 4.84 Å². The molecule has 0 bridgehead atoms. The van der Waals surface area contributed by atoms with Crippen LogP contribution in [0, 0.1) is 0 Å². The number of fused-ring (bicyclic) bond motifs is 1. The van der Waals surface area contributed by atoms with Crippen LogP contribution in [0.1, 0.15) is 66.1 Å². The molecule has 0 aliphatic heterocycles. The average molecular weight is 417 g/mol. The second-order valence-electron chi connectivity index (χ2n) is 8.62. The Morgan fingerprint density at radius 2 is 1.77 bits per heavy atom. The van der Waals surface area contributed by atoms with Crippen molar-refractivity contribution in [3.8, 4) is 0 Å². The number of nitrogens with zero attached hydrogens (tertiary/aromatic N) is 1. The summed E-state index contributed by atoms with van der Waals surface area (Å²) in [5.74, 6) is 0.399. The molecule has 3 aromatic rings. The Labute approximate surface area is 185 Å². The highest BCUT2D eigenvalue weighted by molar-refractivity contribution is 5.93. The molecule has 0 radical (unpaired) electrons. The van der Waals surface area contributed by atoms with Crippen LogP contribution in [0.25, 0.3) is 10.8 Å². The molecule has 0 aromatic heterocycles. The minimum atomic E-state index is -0.124. The largest absolute Gasteiger partial charge is 0.307 e. The lowest BCUT2D eigenvalue weighted by Gasteiger charge is -2.32. The van der Waals surface area contributed by atoms with Gasteiger partial charge in [0, 0.05) is 24.7 Å². The highest BCUT2D eigenvalue weighted by Gasteiger charge is 2.25. The van der Waals surface area contributed by atoms with Crippen molar-refractivity contribution in [2.75, 3.05) is 14.2 Å². The number of benzene rings is 3. The Bertz CT molecular complexity index is 1030. The summed E-state index contributed by atoms with van der Waals surface area (Å²) in [6.07, 6.45) is 4.75. The lowest BCUT2D eigenvalue weighted by atomic mass is 9.80. The van der Waals surface area contributed by atoms with E-state index in [0.717, 1.165) is 6.42 Å². The highest BCUT2D eigenvalue weighted by Crippen LogP contribution is 2.34. The predicted molar refractivity (Wildman–Crippen MR) is 126 cm³/mol. The molecule has 4 heteroatoms. The first-order chi connectivity index (χ1) is 15.1. The summed E-state index contributed by atoms with van der Waals surface area (Å²) in [7, 11) is 3.13. The minimum absolute atomic E-state index is 0.124. The topological polar surface area (TPSA) is 41.6 Å². The van der Waals surface area contributed by atoms with Crippen molar-refractivity contribution in [2.24, 2.45) is 0 Å². The molecule has 3 aromatic carbocycles. The van der Waals surface area contributed by atoms with E-state index >= 15 is 0 Å². The van der Waals surface area contributed by atoms with Crippen LogP contribution in [0.4, 0.5) is 0 Å². The summed E-state index contributed by atoms with van der Waals surface area (Å²) in [5, 5.41) is 7.78. The Kier molecular flexibility index (Phi) is 6.69. The number of hydroxylamine groups is 2. The maximum Gasteiger partial charge on any atom is 0.277 e. The lowest BCUT2D eigenvalue weighted by molar-refractivity contribution is -0.0757. The van der Waals surface area contributed by atoms with Crippen molar-refractivity contribution in [3.05, 3.63) is 83.4 Å². The molecule has 4 nitrogen and oxygen atoms in total. The van der Waals surface area contributed by atoms with Crippen LogP contribution in [0.2, 0.25) is 0 Å². The molecule has 162 valence electrons. The Hall–Kier alpha value is -2.69. The quantitative estimate of drug-likeness (QED) is 0.513. The average Bonchev–Trinajstić information content (AvgIpc) is 2.83. The van der Waals surface area contributed by atoms with E-state index in [-0.39, 0.29) is 5.91 Å². The molecule has 0 heterocycles. The van der Waals surface area contributed by atoms with Gasteiger partial charge in [0.15, 0.2) is 0 Å². The zero-order valence-corrected chi connectivity index (χ0v) is 18.7. The van der Waals surface area contributed by atoms with Crippen LogP contribution in [-0.4, -0.2) is 31.2 Å². The first kappa shape index (κ1) is 21.5. The van der Waals surface area contributed by atoms with Gasteiger partial charge in [0.2, 0.25) is 0 Å². The molecule has 1 fully saturated rings. The molecule has 1 aliphatic carbocycles. The van der Waals surface area contributed by atoms with Crippen molar-refractivity contribution in [1.29, 1.82) is 0 Å². The van der Waals surface area contributed by atoms with Crippen LogP contribution in [0.5, 0.6) is 0 Å². The van der Waals surface area contributed by atoms with Gasteiger partial charge in [0.1, 0.15) is 0 Å². The zero-order chi connectivity index (χ0) is 21.8. The first-order valence-electron chi connectivity index (χ1n) is 11.2. The van der Waals surface area contributed by atoms with Crippen LogP contribution in [0.3, 0.4) is 0 Å². The van der Waals surface area contributed by atoms with Gasteiger partial charge in [-0.1, -0.05) is 61.0 Å². The molecular formula is C27H32N2O2. The third-order valence-electron chi connectivity index (χ3n) is 6.64. The van der Waals surface area contributed by atoms with Crippen molar-refractivity contribution < 1.29 is 9.63 Å². The summed E-state index contributed by atoms with van der Waals surface area (Å²) in [4.78, 5) is 17.3. The van der Waals surface area contributed by atoms with Crippen molar-refractivity contribution >= 4 is 16.7 Å². The second-order valence-corrected chi connectivity index (χ2v) is 8.62. The van der Waals surface area contributed by atoms with Gasteiger partial charge in [-0.2, -0.15) is 0 Å². The predicted octanol–water partition coefficient (Wildman–Crippen LogP) is 5.85. The third-order valence-corrected chi connectivity index (χ3v) is 6.64. The summed E-state index contributed by atoms with van der Waals surface area (Å²) >= 11 is 0. The van der Waals surface area contributed by atoms with Crippen molar-refractivity contribution in [1.82, 2.24) is 10.4 Å². The van der Waals surface area contributed by atoms with Crippen LogP contribution >= 0.6 is 0 Å². The molecular weight excluding hydrogens is 384 g/mol. The standard InChI is InChI=1S/C27H32N2O2/c1-19(25-13-7-9-21-8-4-5-12-26(21)25)28-24-11-6-10-23(18-24)20-14-16-22(17-15-20)27(30)29(2)31-3/h4-5,7-9,12-17,19,23-24,28H,6,10-11,18H2,1-3H3/t19?,23?,24-/m0/s1. The number of rotatable bonds is 6. The summed E-state index contributed by atoms with van der Waals surface area (Å²) in [5.41, 5.74) is 3.34. The Morgan fingerprint density at radius 3 is 2.55 bits per heavy atom. The maximum absolute atomic E-state index is 12.3. The normalized spacial score (nSPS) is 19.8. The summed E-state index contributed by atoms with van der Waals surface area (Å²) < 4.78 is 0. The fourth-order valence-corrected chi connectivity index (χ4v) is 4.88. The Morgan fingerprint density at radius 1 is 1.03 bits per heavy atom. The first-order valence-corrected chi connectivity index (χ1v) is 11.2. The van der Waals surface area contributed by atoms with E-state index < -0.39 is 0 Å². The molecule has 31 heavy (non-hydrogen) atoms. The molecule has 4 rings (SSSR count). The maximum atomic E-state index is 12.3. The molecule has 3 atom stereocenters. The fraction of sp³-hybridized carbons (Fsp3) is 0.370. The van der Waals surface area contributed by atoms with Crippen molar-refractivity contribution in [2.45, 2.75) is 50.6 Å². The molecule has 1 amide bonds. The third kappa shape index (κ3) is 4.81. The van der Waals surface area contributed by atoms with Crippen LogP contribution < -0.4 is 5.32 Å². The van der Waals surface area contributed by atoms with Gasteiger partial charge in [-0.25, -0.2) is 5.06 Å². The number of hydrogen-bond acceptors (Lipinski definition) is 3. The van der Waals surface area contributed by atoms with Gasteiger partial charge in [-0.15, -0.1) is 0 Å². The fourth-order valence-electron chi connectivity index (χ4n) is 4.88. The van der Waals surface area contributed by atoms with E-state index in [9.17, 15) is 4.79 Å². The van der Waals surface area contributed by atoms with Gasteiger partial charge in [-0.3, -0.25) is 9.63 Å². The van der Waals surface area contributed by atoms with Crippen LogP contribution in [-0.2, 0) is 4.84 Å². The van der Waals surface area contributed by atoms with E-state index in [1.54, 1.807) is 7.05 Å². The zero-order valence-electron chi connectivity index (χ0n) is 18.7. The number of hydrogen-bond donors (Lipinski definition) is 1. The molecule has 0 spiro atoms. The second kappa shape index (κ2) is 9.63. The molecule has 1 N–H and O–H groups in total. The van der Waals surface area contributed by atoms with Crippen LogP contribution in [0.15, 0.2) is 66.7 Å². The highest BCUT2D eigenvalue weighted by atomic mass is 16.7. The van der Waals surface area contributed by atoms with Gasteiger partial charge in [-0.05, 0) is 66.1 Å². The van der Waals surface area contributed by atoms with E-state index in [1.165, 1.54) is 53.3 Å². The SMILES string of the molecule is CON(C)C(=O)c1ccc(C2CCC[C@H](NC(C)c3cccc4ccccc34)C2)cc1. The van der Waals surface area contributed by atoms with Gasteiger partial charge < -0.3 is 5.32 Å². The van der Waals surface area contributed by atoms with E-state index in [1.807, 2.05) is 12.1 Å². The summed E-state index contributed by atoms with van der Waals surface area (Å²) in [6, 6.07) is 24.1. The molecule has 2 unspecified atom stereocenters. The minimum Gasteiger partial charge on any atom is -0.307 e. The number of carbonyl (C=O) groups excluding carboxylic acids is 1. The Balaban J connectivity index is 1.43. The van der Waals surface area contributed by atoms with Gasteiger partial charge in [0.25, 0.3) is 5.91 Å². The van der Waals surface area contributed by atoms with Gasteiger partial charge in [0.05, 0.1) is 7.11 Å². The van der Waals surface area contributed by atoms with E-state index in [0.29, 0.717) is 23.6 Å². The van der Waals surface area contributed by atoms with Crippen molar-refractivity contribution in [3.63, 3.8) is 0 Å². The molecule has 0 saturated heterocycles. The van der Waals surface area contributed by atoms with E-state index in [2.05, 4.69) is 66.8 Å². The molecule has 1 aliphatic rings. The smallest absolute Gasteiger partial charge is 0.277 e. The number of amides is 1. The monoisotopic (exact) mass is 416 g/mol.